The molecule has 0 unspecified atom stereocenters. The number of benzene rings is 2. The molecule has 5 nitrogen and oxygen atoms in total. The Labute approximate surface area is 191 Å². The molecule has 0 aromatic heterocycles. The van der Waals surface area contributed by atoms with Gasteiger partial charge in [-0.3, -0.25) is 14.5 Å². The molecule has 3 rings (SSSR count). The summed E-state index contributed by atoms with van der Waals surface area (Å²) in [6, 6.07) is 11.3. The summed E-state index contributed by atoms with van der Waals surface area (Å²) < 4.78 is 12.4. The van der Waals surface area contributed by atoms with E-state index in [1.165, 1.54) is 7.11 Å². The predicted octanol–water partition coefficient (Wildman–Crippen LogP) is 5.20. The van der Waals surface area contributed by atoms with E-state index in [-0.39, 0.29) is 11.4 Å². The minimum atomic E-state index is -0.424. The highest BCUT2D eigenvalue weighted by atomic mass is 127. The second-order valence-electron chi connectivity index (χ2n) is 5.92. The summed E-state index contributed by atoms with van der Waals surface area (Å²) in [7, 11) is 1.51. The van der Waals surface area contributed by atoms with Gasteiger partial charge in [-0.15, -0.1) is 6.42 Å². The van der Waals surface area contributed by atoms with E-state index in [4.69, 9.17) is 27.5 Å². The molecule has 0 atom stereocenters. The zero-order chi connectivity index (χ0) is 21.0. The summed E-state index contributed by atoms with van der Waals surface area (Å²) in [4.78, 5) is 25.5. The highest BCUT2D eigenvalue weighted by molar-refractivity contribution is 14.1. The van der Waals surface area contributed by atoms with Crippen molar-refractivity contribution in [1.82, 2.24) is 4.90 Å². The van der Waals surface area contributed by atoms with E-state index in [9.17, 15) is 9.59 Å². The Balaban J connectivity index is 1.83. The van der Waals surface area contributed by atoms with E-state index in [1.54, 1.807) is 18.2 Å². The van der Waals surface area contributed by atoms with Crippen LogP contribution in [0.2, 0.25) is 5.02 Å². The molecule has 0 saturated carbocycles. The summed E-state index contributed by atoms with van der Waals surface area (Å²) in [6.07, 6.45) is 6.79. The van der Waals surface area contributed by atoms with E-state index in [2.05, 4.69) is 28.5 Å². The number of imide groups is 1. The summed E-state index contributed by atoms with van der Waals surface area (Å²) in [5, 5.41) is -0.0568. The fourth-order valence-electron chi connectivity index (χ4n) is 2.58. The number of hydrogen-bond donors (Lipinski definition) is 0. The normalized spacial score (nSPS) is 15.0. The van der Waals surface area contributed by atoms with Crippen molar-refractivity contribution in [1.29, 1.82) is 0 Å². The largest absolute Gasteiger partial charge is 0.493 e. The summed E-state index contributed by atoms with van der Waals surface area (Å²) in [6.45, 7) is 0.273. The monoisotopic (exact) mass is 539 g/mol. The first-order valence-electron chi connectivity index (χ1n) is 8.36. The maximum Gasteiger partial charge on any atom is 0.294 e. The van der Waals surface area contributed by atoms with Gasteiger partial charge in [0.2, 0.25) is 0 Å². The Bertz CT molecular complexity index is 1030. The van der Waals surface area contributed by atoms with E-state index in [0.29, 0.717) is 28.7 Å². The number of carbonyl (C=O) groups is 2. The quantitative estimate of drug-likeness (QED) is 0.287. The predicted molar refractivity (Wildman–Crippen MR) is 123 cm³/mol. The molecule has 0 bridgehead atoms. The van der Waals surface area contributed by atoms with Gasteiger partial charge in [0.25, 0.3) is 11.1 Å². The molecule has 148 valence electrons. The Morgan fingerprint density at radius 2 is 2.00 bits per heavy atom. The summed E-state index contributed by atoms with van der Waals surface area (Å²) >= 11 is 9.48. The van der Waals surface area contributed by atoms with Gasteiger partial charge in [0.1, 0.15) is 6.61 Å². The SMILES string of the molecule is C#CCN1C(=O)S/C(=C/c2cc(Cl)c(OCc3ccc(I)cc3)c(OC)c2)C1=O. The maximum atomic E-state index is 12.3. The van der Waals surface area contributed by atoms with Crippen LogP contribution in [-0.2, 0) is 11.4 Å². The standard InChI is InChI=1S/C21H15ClINO4S/c1-3-8-24-20(25)18(29-21(24)26)11-14-9-16(22)19(17(10-14)27-2)28-12-13-4-6-15(23)7-5-13/h1,4-7,9-11H,8,12H2,2H3/b18-11+. The van der Waals surface area contributed by atoms with Crippen LogP contribution in [-0.4, -0.2) is 29.7 Å². The van der Waals surface area contributed by atoms with Crippen LogP contribution in [0.5, 0.6) is 11.5 Å². The van der Waals surface area contributed by atoms with Crippen molar-refractivity contribution in [2.24, 2.45) is 0 Å². The van der Waals surface area contributed by atoms with Gasteiger partial charge in [-0.1, -0.05) is 29.7 Å². The number of hydrogen-bond acceptors (Lipinski definition) is 5. The van der Waals surface area contributed by atoms with Crippen LogP contribution in [0.25, 0.3) is 6.08 Å². The molecule has 1 fully saturated rings. The minimum absolute atomic E-state index is 0.0581. The molecule has 2 aromatic carbocycles. The van der Waals surface area contributed by atoms with Crippen LogP contribution in [0.4, 0.5) is 4.79 Å². The zero-order valence-corrected chi connectivity index (χ0v) is 19.0. The van der Waals surface area contributed by atoms with Crippen molar-refractivity contribution in [3.63, 3.8) is 0 Å². The molecule has 8 heteroatoms. The van der Waals surface area contributed by atoms with Crippen LogP contribution < -0.4 is 9.47 Å². The molecule has 0 aliphatic carbocycles. The van der Waals surface area contributed by atoms with Crippen molar-refractivity contribution in [2.75, 3.05) is 13.7 Å². The molecule has 1 saturated heterocycles. The second-order valence-corrected chi connectivity index (χ2v) is 8.57. The van der Waals surface area contributed by atoms with Crippen molar-refractivity contribution >= 4 is 63.2 Å². The van der Waals surface area contributed by atoms with Gasteiger partial charge >= 0.3 is 0 Å². The number of rotatable bonds is 6. The van der Waals surface area contributed by atoms with Crippen molar-refractivity contribution < 1.29 is 19.1 Å². The van der Waals surface area contributed by atoms with Crippen LogP contribution >= 0.6 is 46.0 Å². The first-order chi connectivity index (χ1) is 13.9. The molecule has 0 N–H and O–H groups in total. The van der Waals surface area contributed by atoms with Gasteiger partial charge in [0.05, 0.1) is 23.6 Å². The molecule has 2 amide bonds. The number of thioether (sulfide) groups is 1. The molecular formula is C21H15ClINO4S. The third-order valence-electron chi connectivity index (χ3n) is 3.97. The van der Waals surface area contributed by atoms with E-state index in [1.807, 2.05) is 24.3 Å². The van der Waals surface area contributed by atoms with Crippen LogP contribution in [0.3, 0.4) is 0 Å². The number of amides is 2. The number of ether oxygens (including phenoxy) is 2. The van der Waals surface area contributed by atoms with Gasteiger partial charge < -0.3 is 9.47 Å². The first-order valence-corrected chi connectivity index (χ1v) is 10.6. The number of halogens is 2. The smallest absolute Gasteiger partial charge is 0.294 e. The number of methoxy groups -OCH3 is 1. The lowest BCUT2D eigenvalue weighted by molar-refractivity contribution is -0.122. The average Bonchev–Trinajstić information content (AvgIpc) is 2.96. The molecule has 1 heterocycles. The van der Waals surface area contributed by atoms with Crippen LogP contribution in [0, 0.1) is 15.9 Å². The lowest BCUT2D eigenvalue weighted by atomic mass is 10.1. The molecule has 1 aliphatic heterocycles. The third-order valence-corrected chi connectivity index (χ3v) is 5.88. The van der Waals surface area contributed by atoms with Gasteiger partial charge in [-0.25, -0.2) is 0 Å². The fourth-order valence-corrected chi connectivity index (χ4v) is 4.05. The highest BCUT2D eigenvalue weighted by Gasteiger charge is 2.34. The molecule has 29 heavy (non-hydrogen) atoms. The molecule has 0 radical (unpaired) electrons. The second kappa shape index (κ2) is 9.57. The van der Waals surface area contributed by atoms with Gasteiger partial charge in [0, 0.05) is 3.57 Å². The lowest BCUT2D eigenvalue weighted by Gasteiger charge is -2.13. The summed E-state index contributed by atoms with van der Waals surface area (Å²) in [5.41, 5.74) is 1.61. The van der Waals surface area contributed by atoms with Crippen molar-refractivity contribution in [3.8, 4) is 23.8 Å². The van der Waals surface area contributed by atoms with E-state index < -0.39 is 11.1 Å². The lowest BCUT2D eigenvalue weighted by Crippen LogP contribution is -2.28. The van der Waals surface area contributed by atoms with Crippen molar-refractivity contribution in [3.05, 3.63) is 61.0 Å². The maximum absolute atomic E-state index is 12.3. The Hall–Kier alpha value is -2.15. The molecule has 0 spiro atoms. The number of nitrogens with zero attached hydrogens (tertiary/aromatic N) is 1. The minimum Gasteiger partial charge on any atom is -0.493 e. The molecular weight excluding hydrogens is 525 g/mol. The van der Waals surface area contributed by atoms with E-state index in [0.717, 1.165) is 25.8 Å². The molecule has 1 aliphatic rings. The van der Waals surface area contributed by atoms with E-state index >= 15 is 0 Å². The van der Waals surface area contributed by atoms with Crippen LogP contribution in [0.15, 0.2) is 41.3 Å². The van der Waals surface area contributed by atoms with Gasteiger partial charge in [-0.05, 0) is 75.8 Å². The number of carbonyl (C=O) groups excluding carboxylic acids is 2. The fraction of sp³-hybridized carbons (Fsp3) is 0.143. The van der Waals surface area contributed by atoms with Crippen molar-refractivity contribution in [2.45, 2.75) is 6.61 Å². The highest BCUT2D eigenvalue weighted by Crippen LogP contribution is 2.39. The molecule has 2 aromatic rings. The average molecular weight is 540 g/mol. The van der Waals surface area contributed by atoms with Gasteiger partial charge in [-0.2, -0.15) is 0 Å². The topological polar surface area (TPSA) is 55.8 Å². The Morgan fingerprint density at radius 1 is 1.28 bits per heavy atom. The zero-order valence-electron chi connectivity index (χ0n) is 15.3. The Kier molecular flexibility index (Phi) is 7.11. The van der Waals surface area contributed by atoms with Crippen LogP contribution in [0.1, 0.15) is 11.1 Å². The summed E-state index contributed by atoms with van der Waals surface area (Å²) in [5.74, 6) is 2.72. The first kappa shape index (κ1) is 21.6. The number of terminal acetylenes is 1. The van der Waals surface area contributed by atoms with Gasteiger partial charge in [0.15, 0.2) is 11.5 Å². The Morgan fingerprint density at radius 3 is 2.66 bits per heavy atom. The third kappa shape index (κ3) is 5.07.